The van der Waals surface area contributed by atoms with Crippen LogP contribution in [0.3, 0.4) is 0 Å². The molecule has 2 heterocycles. The minimum atomic E-state index is -0.709. The van der Waals surface area contributed by atoms with Crippen LogP contribution >= 0.6 is 22.7 Å². The van der Waals surface area contributed by atoms with Crippen molar-refractivity contribution >= 4 is 28.6 Å². The molecule has 3 N–H and O–H groups in total. The Labute approximate surface area is 136 Å². The molecule has 112 valence electrons. The summed E-state index contributed by atoms with van der Waals surface area (Å²) in [6.45, 7) is 0.480. The third-order valence-electron chi connectivity index (χ3n) is 3.21. The second kappa shape index (κ2) is 6.83. The molecule has 1 atom stereocenters. The van der Waals surface area contributed by atoms with Gasteiger partial charge in [0.2, 0.25) is 5.91 Å². The average molecular weight is 329 g/mol. The summed E-state index contributed by atoms with van der Waals surface area (Å²) in [6, 6.07) is 13.6. The number of aromatic nitrogens is 1. The van der Waals surface area contributed by atoms with E-state index in [0.29, 0.717) is 12.2 Å². The van der Waals surface area contributed by atoms with Gasteiger partial charge in [0.1, 0.15) is 6.04 Å². The summed E-state index contributed by atoms with van der Waals surface area (Å²) in [5, 5.41) is 4.66. The summed E-state index contributed by atoms with van der Waals surface area (Å²) in [5.41, 5.74) is 9.35. The highest BCUT2D eigenvalue weighted by molar-refractivity contribution is 7.15. The molecule has 0 aliphatic rings. The molecule has 2 aromatic heterocycles. The van der Waals surface area contributed by atoms with Crippen molar-refractivity contribution in [3.8, 4) is 10.4 Å². The third-order valence-corrected chi connectivity index (χ3v) is 4.95. The van der Waals surface area contributed by atoms with Gasteiger partial charge in [0.05, 0.1) is 17.7 Å². The van der Waals surface area contributed by atoms with Crippen LogP contribution in [0.4, 0.5) is 0 Å². The maximum absolute atomic E-state index is 12.0. The van der Waals surface area contributed by atoms with Gasteiger partial charge in [-0.1, -0.05) is 30.3 Å². The highest BCUT2D eigenvalue weighted by atomic mass is 32.1. The first-order chi connectivity index (χ1) is 10.7. The number of hydrogen-bond acceptors (Lipinski definition) is 5. The lowest BCUT2D eigenvalue weighted by Gasteiger charge is -2.09. The summed E-state index contributed by atoms with van der Waals surface area (Å²) in [7, 11) is 0. The van der Waals surface area contributed by atoms with Gasteiger partial charge in [-0.05, 0) is 17.7 Å². The van der Waals surface area contributed by atoms with E-state index in [-0.39, 0.29) is 5.91 Å². The standard InChI is InChI=1S/C16H15N3OS2/c17-15(13-9-21-10-19-13)16(20)18-8-12-6-7-14(22-12)11-4-2-1-3-5-11/h1-7,9-10,15H,8,17H2,(H,18,20). The Bertz CT molecular complexity index is 738. The van der Waals surface area contributed by atoms with Crippen LogP contribution in [-0.2, 0) is 11.3 Å². The van der Waals surface area contributed by atoms with Crippen molar-refractivity contribution in [1.29, 1.82) is 0 Å². The molecule has 22 heavy (non-hydrogen) atoms. The molecule has 0 saturated carbocycles. The van der Waals surface area contributed by atoms with Crippen LogP contribution < -0.4 is 11.1 Å². The van der Waals surface area contributed by atoms with E-state index in [4.69, 9.17) is 5.73 Å². The Balaban J connectivity index is 1.60. The molecule has 6 heteroatoms. The Morgan fingerprint density at radius 3 is 2.77 bits per heavy atom. The van der Waals surface area contributed by atoms with E-state index in [1.807, 2.05) is 24.3 Å². The zero-order valence-electron chi connectivity index (χ0n) is 11.7. The number of thiophene rings is 1. The summed E-state index contributed by atoms with van der Waals surface area (Å²) >= 11 is 3.10. The van der Waals surface area contributed by atoms with Crippen molar-refractivity contribution < 1.29 is 4.79 Å². The average Bonchev–Trinajstić information content (AvgIpc) is 3.24. The number of amides is 1. The fraction of sp³-hybridized carbons (Fsp3) is 0.125. The van der Waals surface area contributed by atoms with Gasteiger partial charge in [0.25, 0.3) is 0 Å². The first-order valence-electron chi connectivity index (χ1n) is 6.79. The molecule has 3 rings (SSSR count). The van der Waals surface area contributed by atoms with Crippen LogP contribution in [-0.4, -0.2) is 10.9 Å². The minimum absolute atomic E-state index is 0.208. The maximum atomic E-state index is 12.0. The van der Waals surface area contributed by atoms with E-state index in [1.54, 1.807) is 22.2 Å². The molecule has 0 radical (unpaired) electrons. The van der Waals surface area contributed by atoms with Crippen LogP contribution in [0.15, 0.2) is 53.4 Å². The molecule has 0 saturated heterocycles. The lowest BCUT2D eigenvalue weighted by atomic mass is 10.2. The second-order valence-electron chi connectivity index (χ2n) is 4.74. The molecule has 1 amide bonds. The molecule has 0 fully saturated rings. The van der Waals surface area contributed by atoms with Crippen molar-refractivity contribution in [1.82, 2.24) is 10.3 Å². The number of thiazole rings is 1. The van der Waals surface area contributed by atoms with Gasteiger partial charge in [-0.3, -0.25) is 4.79 Å². The number of hydrogen-bond donors (Lipinski definition) is 2. The van der Waals surface area contributed by atoms with Crippen molar-refractivity contribution in [2.24, 2.45) is 5.73 Å². The van der Waals surface area contributed by atoms with Crippen molar-refractivity contribution in [3.63, 3.8) is 0 Å². The number of benzene rings is 1. The van der Waals surface area contributed by atoms with Crippen LogP contribution in [0, 0.1) is 0 Å². The van der Waals surface area contributed by atoms with Gasteiger partial charge in [0, 0.05) is 15.1 Å². The third kappa shape index (κ3) is 3.41. The fourth-order valence-corrected chi connectivity index (χ4v) is 3.57. The monoisotopic (exact) mass is 329 g/mol. The predicted molar refractivity (Wildman–Crippen MR) is 90.6 cm³/mol. The van der Waals surface area contributed by atoms with Crippen LogP contribution in [0.1, 0.15) is 16.6 Å². The SMILES string of the molecule is NC(C(=O)NCc1ccc(-c2ccccc2)s1)c1cscn1. The lowest BCUT2D eigenvalue weighted by Crippen LogP contribution is -2.33. The number of nitrogens with two attached hydrogens (primary N) is 1. The smallest absolute Gasteiger partial charge is 0.243 e. The lowest BCUT2D eigenvalue weighted by molar-refractivity contribution is -0.122. The summed E-state index contributed by atoms with van der Waals surface area (Å²) < 4.78 is 0. The van der Waals surface area contributed by atoms with Crippen molar-refractivity contribution in [2.75, 3.05) is 0 Å². The molecule has 1 aromatic carbocycles. The molecule has 0 aliphatic carbocycles. The number of nitrogens with one attached hydrogen (secondary N) is 1. The molecule has 1 unspecified atom stereocenters. The Morgan fingerprint density at radius 1 is 1.23 bits per heavy atom. The molecule has 0 aliphatic heterocycles. The van der Waals surface area contributed by atoms with Gasteiger partial charge < -0.3 is 11.1 Å². The molecule has 3 aromatic rings. The maximum Gasteiger partial charge on any atom is 0.243 e. The zero-order chi connectivity index (χ0) is 15.4. The molecule has 0 spiro atoms. The second-order valence-corrected chi connectivity index (χ2v) is 6.63. The van der Waals surface area contributed by atoms with Gasteiger partial charge in [-0.15, -0.1) is 22.7 Å². The van der Waals surface area contributed by atoms with Gasteiger partial charge in [-0.2, -0.15) is 0 Å². The van der Waals surface area contributed by atoms with Crippen LogP contribution in [0.2, 0.25) is 0 Å². The number of carbonyl (C=O) groups is 1. The molecule has 4 nitrogen and oxygen atoms in total. The minimum Gasteiger partial charge on any atom is -0.350 e. The van der Waals surface area contributed by atoms with E-state index in [9.17, 15) is 4.79 Å². The quantitative estimate of drug-likeness (QED) is 0.755. The van der Waals surface area contributed by atoms with E-state index >= 15 is 0 Å². The Hall–Kier alpha value is -2.02. The highest BCUT2D eigenvalue weighted by Crippen LogP contribution is 2.27. The van der Waals surface area contributed by atoms with Crippen LogP contribution in [0.25, 0.3) is 10.4 Å². The topological polar surface area (TPSA) is 68.0 Å². The molecule has 0 bridgehead atoms. The summed E-state index contributed by atoms with van der Waals surface area (Å²) in [4.78, 5) is 18.4. The fourth-order valence-electron chi connectivity index (χ4n) is 2.02. The number of nitrogens with zero attached hydrogens (tertiary/aromatic N) is 1. The van der Waals surface area contributed by atoms with Crippen molar-refractivity contribution in [2.45, 2.75) is 12.6 Å². The summed E-state index contributed by atoms with van der Waals surface area (Å²) in [5.74, 6) is -0.208. The van der Waals surface area contributed by atoms with Gasteiger partial charge in [0.15, 0.2) is 0 Å². The first kappa shape index (κ1) is 14.9. The van der Waals surface area contributed by atoms with E-state index in [0.717, 1.165) is 4.88 Å². The van der Waals surface area contributed by atoms with Crippen molar-refractivity contribution in [3.05, 3.63) is 63.9 Å². The van der Waals surface area contributed by atoms with E-state index in [1.165, 1.54) is 21.8 Å². The normalized spacial score (nSPS) is 12.0. The van der Waals surface area contributed by atoms with E-state index in [2.05, 4.69) is 28.5 Å². The van der Waals surface area contributed by atoms with Gasteiger partial charge >= 0.3 is 0 Å². The number of carbonyl (C=O) groups excluding carboxylic acids is 1. The number of rotatable bonds is 5. The Kier molecular flexibility index (Phi) is 4.62. The zero-order valence-corrected chi connectivity index (χ0v) is 13.4. The van der Waals surface area contributed by atoms with E-state index < -0.39 is 6.04 Å². The molecular weight excluding hydrogens is 314 g/mol. The predicted octanol–water partition coefficient (Wildman–Crippen LogP) is 3.19. The van der Waals surface area contributed by atoms with Crippen LogP contribution in [0.5, 0.6) is 0 Å². The first-order valence-corrected chi connectivity index (χ1v) is 8.55. The Morgan fingerprint density at radius 2 is 2.05 bits per heavy atom. The molecular formula is C16H15N3OS2. The largest absolute Gasteiger partial charge is 0.350 e. The van der Waals surface area contributed by atoms with Gasteiger partial charge in [-0.25, -0.2) is 4.98 Å². The summed E-state index contributed by atoms with van der Waals surface area (Å²) in [6.07, 6.45) is 0. The highest BCUT2D eigenvalue weighted by Gasteiger charge is 2.17.